The summed E-state index contributed by atoms with van der Waals surface area (Å²) in [6, 6.07) is 15.1. The zero-order chi connectivity index (χ0) is 15.7. The zero-order valence-corrected chi connectivity index (χ0v) is 14.0. The molecule has 1 atom stereocenters. The highest BCUT2D eigenvalue weighted by atomic mass is 79.9. The Hall–Kier alpha value is -1.98. The first-order valence-corrected chi connectivity index (χ1v) is 7.86. The van der Waals surface area contributed by atoms with Gasteiger partial charge < -0.3 is 5.32 Å². The first-order chi connectivity index (χ1) is 10.6. The normalized spacial score (nSPS) is 12.5. The van der Waals surface area contributed by atoms with Crippen LogP contribution in [0.5, 0.6) is 0 Å². The van der Waals surface area contributed by atoms with Crippen LogP contribution in [0.15, 0.2) is 57.8 Å². The average Bonchev–Trinajstić information content (AvgIpc) is 2.55. The number of aromatic nitrogens is 2. The van der Waals surface area contributed by atoms with E-state index in [1.54, 1.807) is 4.57 Å². The van der Waals surface area contributed by atoms with E-state index < -0.39 is 0 Å². The van der Waals surface area contributed by atoms with Crippen molar-refractivity contribution < 1.29 is 0 Å². The van der Waals surface area contributed by atoms with Crippen molar-refractivity contribution in [1.29, 1.82) is 0 Å². The van der Waals surface area contributed by atoms with Crippen molar-refractivity contribution in [3.8, 4) is 5.69 Å². The minimum atomic E-state index is -0.0509. The van der Waals surface area contributed by atoms with E-state index in [4.69, 9.17) is 4.98 Å². The second-order valence-electron chi connectivity index (χ2n) is 5.11. The maximum Gasteiger partial charge on any atom is 0.266 e. The molecule has 0 radical (unpaired) electrons. The highest BCUT2D eigenvalue weighted by Crippen LogP contribution is 2.19. The van der Waals surface area contributed by atoms with E-state index >= 15 is 0 Å². The lowest BCUT2D eigenvalue weighted by molar-refractivity contribution is 0.589. The summed E-state index contributed by atoms with van der Waals surface area (Å²) in [5, 5.41) is 3.79. The summed E-state index contributed by atoms with van der Waals surface area (Å²) in [5.74, 6) is 0.702. The van der Waals surface area contributed by atoms with Crippen molar-refractivity contribution in [1.82, 2.24) is 14.9 Å². The van der Waals surface area contributed by atoms with E-state index in [0.29, 0.717) is 11.2 Å². The largest absolute Gasteiger partial charge is 0.311 e. The van der Waals surface area contributed by atoms with Crippen molar-refractivity contribution in [3.63, 3.8) is 0 Å². The van der Waals surface area contributed by atoms with Crippen molar-refractivity contribution in [3.05, 3.63) is 69.2 Å². The molecule has 22 heavy (non-hydrogen) atoms. The zero-order valence-electron chi connectivity index (χ0n) is 12.4. The fraction of sp³-hybridized carbons (Fsp3) is 0.176. The molecule has 0 aliphatic rings. The van der Waals surface area contributed by atoms with Gasteiger partial charge in [0, 0.05) is 4.47 Å². The summed E-state index contributed by atoms with van der Waals surface area (Å²) in [4.78, 5) is 17.6. The summed E-state index contributed by atoms with van der Waals surface area (Å²) in [6.07, 6.45) is 0. The van der Waals surface area contributed by atoms with Gasteiger partial charge in [0.2, 0.25) is 0 Å². The van der Waals surface area contributed by atoms with Gasteiger partial charge in [0.25, 0.3) is 5.56 Å². The highest BCUT2D eigenvalue weighted by Gasteiger charge is 2.16. The predicted molar refractivity (Wildman–Crippen MR) is 92.5 cm³/mol. The van der Waals surface area contributed by atoms with Crippen molar-refractivity contribution >= 4 is 26.8 Å². The summed E-state index contributed by atoms with van der Waals surface area (Å²) < 4.78 is 2.65. The Morgan fingerprint density at radius 1 is 1.14 bits per heavy atom. The lowest BCUT2D eigenvalue weighted by Gasteiger charge is -2.18. The van der Waals surface area contributed by atoms with Gasteiger partial charge >= 0.3 is 0 Å². The van der Waals surface area contributed by atoms with Gasteiger partial charge in [-0.2, -0.15) is 0 Å². The SMILES string of the molecule is CN[C@H](C)c1nc2ccccc2c(=O)n1-c1ccc(Br)cc1. The molecular formula is C17H16BrN3O. The van der Waals surface area contributed by atoms with Crippen LogP contribution in [-0.4, -0.2) is 16.6 Å². The fourth-order valence-corrected chi connectivity index (χ4v) is 2.67. The number of hydrogen-bond donors (Lipinski definition) is 1. The van der Waals surface area contributed by atoms with Crippen molar-refractivity contribution in [2.75, 3.05) is 7.05 Å². The van der Waals surface area contributed by atoms with Crippen LogP contribution < -0.4 is 10.9 Å². The Kier molecular flexibility index (Phi) is 4.09. The molecule has 0 amide bonds. The quantitative estimate of drug-likeness (QED) is 0.780. The predicted octanol–water partition coefficient (Wildman–Crippen LogP) is 3.43. The number of rotatable bonds is 3. The molecule has 0 saturated heterocycles. The number of hydrogen-bond acceptors (Lipinski definition) is 3. The summed E-state index contributed by atoms with van der Waals surface area (Å²) in [6.45, 7) is 1.99. The monoisotopic (exact) mass is 357 g/mol. The van der Waals surface area contributed by atoms with Gasteiger partial charge in [0.05, 0.1) is 22.6 Å². The van der Waals surface area contributed by atoms with E-state index in [2.05, 4.69) is 21.2 Å². The first-order valence-electron chi connectivity index (χ1n) is 7.06. The molecule has 3 aromatic rings. The van der Waals surface area contributed by atoms with Crippen molar-refractivity contribution in [2.24, 2.45) is 0 Å². The van der Waals surface area contributed by atoms with Crippen LogP contribution in [-0.2, 0) is 0 Å². The lowest BCUT2D eigenvalue weighted by atomic mass is 10.2. The molecule has 1 N–H and O–H groups in total. The van der Waals surface area contributed by atoms with E-state index in [1.807, 2.05) is 62.5 Å². The van der Waals surface area contributed by atoms with Gasteiger partial charge in [0.15, 0.2) is 0 Å². The topological polar surface area (TPSA) is 46.9 Å². The van der Waals surface area contributed by atoms with Crippen LogP contribution in [0.2, 0.25) is 0 Å². The van der Waals surface area contributed by atoms with E-state index in [1.165, 1.54) is 0 Å². The number of para-hydroxylation sites is 1. The van der Waals surface area contributed by atoms with E-state index in [-0.39, 0.29) is 11.6 Å². The standard InChI is InChI=1S/C17H16BrN3O/c1-11(19-2)16-20-15-6-4-3-5-14(15)17(22)21(16)13-9-7-12(18)8-10-13/h3-11,19H,1-2H3/t11-/m1/s1. The number of benzene rings is 2. The smallest absolute Gasteiger partial charge is 0.266 e. The Labute approximate surface area is 136 Å². The minimum Gasteiger partial charge on any atom is -0.311 e. The Morgan fingerprint density at radius 2 is 1.82 bits per heavy atom. The molecule has 0 saturated carbocycles. The van der Waals surface area contributed by atoms with E-state index in [0.717, 1.165) is 15.7 Å². The molecule has 112 valence electrons. The number of halogens is 1. The van der Waals surface area contributed by atoms with Crippen LogP contribution in [0.1, 0.15) is 18.8 Å². The Balaban J connectivity index is 2.37. The van der Waals surface area contributed by atoms with Gasteiger partial charge in [0.1, 0.15) is 5.82 Å². The third kappa shape index (κ3) is 2.58. The van der Waals surface area contributed by atoms with Crippen LogP contribution >= 0.6 is 15.9 Å². The number of fused-ring (bicyclic) bond motifs is 1. The van der Waals surface area contributed by atoms with Crippen molar-refractivity contribution in [2.45, 2.75) is 13.0 Å². The van der Waals surface area contributed by atoms with Gasteiger partial charge in [-0.25, -0.2) is 4.98 Å². The average molecular weight is 358 g/mol. The van der Waals surface area contributed by atoms with Gasteiger partial charge in [-0.05, 0) is 50.4 Å². The third-order valence-electron chi connectivity index (χ3n) is 3.71. The van der Waals surface area contributed by atoms with Crippen LogP contribution in [0.4, 0.5) is 0 Å². The van der Waals surface area contributed by atoms with E-state index in [9.17, 15) is 4.79 Å². The van der Waals surface area contributed by atoms with Gasteiger partial charge in [-0.3, -0.25) is 9.36 Å². The van der Waals surface area contributed by atoms with Gasteiger partial charge in [-0.1, -0.05) is 28.1 Å². The minimum absolute atomic E-state index is 0.0408. The Morgan fingerprint density at radius 3 is 2.50 bits per heavy atom. The molecule has 0 spiro atoms. The lowest BCUT2D eigenvalue weighted by Crippen LogP contribution is -2.28. The highest BCUT2D eigenvalue weighted by molar-refractivity contribution is 9.10. The van der Waals surface area contributed by atoms with Crippen LogP contribution in [0.3, 0.4) is 0 Å². The number of nitrogens with zero attached hydrogens (tertiary/aromatic N) is 2. The third-order valence-corrected chi connectivity index (χ3v) is 4.24. The molecule has 3 rings (SSSR count). The summed E-state index contributed by atoms with van der Waals surface area (Å²) in [5.41, 5.74) is 1.48. The number of nitrogens with one attached hydrogen (secondary N) is 1. The summed E-state index contributed by atoms with van der Waals surface area (Å²) in [7, 11) is 1.86. The second-order valence-corrected chi connectivity index (χ2v) is 6.03. The van der Waals surface area contributed by atoms with Crippen LogP contribution in [0.25, 0.3) is 16.6 Å². The maximum absolute atomic E-state index is 12.9. The first kappa shape index (κ1) is 14.9. The Bertz CT molecular complexity index is 871. The molecular weight excluding hydrogens is 342 g/mol. The van der Waals surface area contributed by atoms with Gasteiger partial charge in [-0.15, -0.1) is 0 Å². The van der Waals surface area contributed by atoms with Crippen LogP contribution in [0, 0.1) is 0 Å². The molecule has 5 heteroatoms. The molecule has 0 aliphatic carbocycles. The molecule has 4 nitrogen and oxygen atoms in total. The molecule has 1 aromatic heterocycles. The molecule has 0 bridgehead atoms. The maximum atomic E-state index is 12.9. The molecule has 0 unspecified atom stereocenters. The molecule has 2 aromatic carbocycles. The summed E-state index contributed by atoms with van der Waals surface area (Å²) >= 11 is 3.42. The molecule has 1 heterocycles. The molecule has 0 fully saturated rings. The molecule has 0 aliphatic heterocycles. The fourth-order valence-electron chi connectivity index (χ4n) is 2.41. The second kappa shape index (κ2) is 6.02.